The van der Waals surface area contributed by atoms with Crippen LogP contribution in [0.4, 0.5) is 0 Å². The van der Waals surface area contributed by atoms with Gasteiger partial charge in [-0.3, -0.25) is 4.79 Å². The molecule has 1 saturated carbocycles. The summed E-state index contributed by atoms with van der Waals surface area (Å²) in [4.78, 5) is 26.4. The third-order valence-electron chi connectivity index (χ3n) is 6.81. The highest BCUT2D eigenvalue weighted by Crippen LogP contribution is 2.33. The molecule has 0 bridgehead atoms. The summed E-state index contributed by atoms with van der Waals surface area (Å²) in [6.07, 6.45) is 4.62. The highest BCUT2D eigenvalue weighted by Gasteiger charge is 2.34. The Kier molecular flexibility index (Phi) is 5.63. The summed E-state index contributed by atoms with van der Waals surface area (Å²) in [6.45, 7) is 2.87. The maximum absolute atomic E-state index is 12.9. The molecule has 2 aliphatic rings. The number of fused-ring (bicyclic) bond motifs is 1. The van der Waals surface area contributed by atoms with E-state index >= 15 is 0 Å². The van der Waals surface area contributed by atoms with Gasteiger partial charge in [0.2, 0.25) is 0 Å². The van der Waals surface area contributed by atoms with Crippen molar-refractivity contribution in [3.05, 3.63) is 88.5 Å². The number of carbonyl (C=O) groups excluding carboxylic acids is 1. The second-order valence-corrected chi connectivity index (χ2v) is 9.01. The minimum absolute atomic E-state index is 0.123. The van der Waals surface area contributed by atoms with Crippen molar-refractivity contribution in [3.8, 4) is 16.9 Å². The molecule has 1 aliphatic carbocycles. The molecule has 5 rings (SSSR count). The fourth-order valence-corrected chi connectivity index (χ4v) is 4.94. The quantitative estimate of drug-likeness (QED) is 0.522. The molecular formula is C28H27NO4. The van der Waals surface area contributed by atoms with Crippen molar-refractivity contribution in [2.24, 2.45) is 0 Å². The van der Waals surface area contributed by atoms with Crippen LogP contribution in [-0.4, -0.2) is 27.9 Å². The number of ether oxygens (including phenoxy) is 1. The van der Waals surface area contributed by atoms with Gasteiger partial charge in [0.1, 0.15) is 12.4 Å². The number of carboxylic acid groups (broad SMARTS) is 1. The van der Waals surface area contributed by atoms with E-state index in [1.165, 1.54) is 12.8 Å². The molecule has 5 heteroatoms. The van der Waals surface area contributed by atoms with Crippen molar-refractivity contribution in [1.82, 2.24) is 4.90 Å². The number of benzene rings is 3. The van der Waals surface area contributed by atoms with Crippen molar-refractivity contribution in [2.45, 2.75) is 51.8 Å². The summed E-state index contributed by atoms with van der Waals surface area (Å²) in [5, 5.41) is 9.42. The summed E-state index contributed by atoms with van der Waals surface area (Å²) in [7, 11) is 0. The van der Waals surface area contributed by atoms with Crippen LogP contribution in [0.5, 0.6) is 5.75 Å². The van der Waals surface area contributed by atoms with Crippen LogP contribution in [0.15, 0.2) is 60.7 Å². The minimum Gasteiger partial charge on any atom is -0.489 e. The molecule has 1 aliphatic heterocycles. The van der Waals surface area contributed by atoms with Gasteiger partial charge in [0, 0.05) is 18.2 Å². The molecule has 1 fully saturated rings. The third-order valence-corrected chi connectivity index (χ3v) is 6.81. The van der Waals surface area contributed by atoms with Crippen LogP contribution >= 0.6 is 0 Å². The number of hydrogen-bond donors (Lipinski definition) is 1. The van der Waals surface area contributed by atoms with E-state index in [4.69, 9.17) is 4.74 Å². The molecule has 0 aromatic heterocycles. The van der Waals surface area contributed by atoms with E-state index in [1.807, 2.05) is 59.5 Å². The Balaban J connectivity index is 1.30. The van der Waals surface area contributed by atoms with Gasteiger partial charge in [-0.05, 0) is 71.8 Å². The third kappa shape index (κ3) is 4.23. The molecule has 1 N–H and O–H groups in total. The number of amides is 1. The molecule has 0 radical (unpaired) electrons. The van der Waals surface area contributed by atoms with Gasteiger partial charge in [-0.25, -0.2) is 4.79 Å². The van der Waals surface area contributed by atoms with E-state index in [2.05, 4.69) is 0 Å². The topological polar surface area (TPSA) is 66.8 Å². The fourth-order valence-electron chi connectivity index (χ4n) is 4.94. The Hall–Kier alpha value is -3.60. The zero-order valence-corrected chi connectivity index (χ0v) is 18.7. The second kappa shape index (κ2) is 8.74. The Morgan fingerprint density at radius 3 is 2.61 bits per heavy atom. The molecule has 0 unspecified atom stereocenters. The molecule has 0 saturated heterocycles. The van der Waals surface area contributed by atoms with Crippen LogP contribution in [0.2, 0.25) is 0 Å². The Morgan fingerprint density at radius 2 is 1.82 bits per heavy atom. The highest BCUT2D eigenvalue weighted by atomic mass is 16.5. The molecule has 5 nitrogen and oxygen atoms in total. The van der Waals surface area contributed by atoms with Gasteiger partial charge in [-0.2, -0.15) is 0 Å². The average Bonchev–Trinajstić information content (AvgIpc) is 3.46. The first-order chi connectivity index (χ1) is 16.0. The number of rotatable bonds is 6. The van der Waals surface area contributed by atoms with Crippen LogP contribution < -0.4 is 4.74 Å². The maximum Gasteiger partial charge on any atom is 0.335 e. The standard InChI is InChI=1S/C28H27NO4/c1-18-9-10-21(14-25(18)28(31)32)20-6-4-5-19(13-20)17-33-24-12-11-22-16-29(23-7-2-3-8-23)27(30)26(22)15-24/h4-6,9-15,23H,2-3,7-8,16-17H2,1H3,(H,31,32). The molecule has 168 valence electrons. The smallest absolute Gasteiger partial charge is 0.335 e. The Morgan fingerprint density at radius 1 is 1.03 bits per heavy atom. The van der Waals surface area contributed by atoms with Gasteiger partial charge in [-0.1, -0.05) is 49.2 Å². The van der Waals surface area contributed by atoms with E-state index in [9.17, 15) is 14.7 Å². The lowest BCUT2D eigenvalue weighted by molar-refractivity contribution is 0.0691. The Labute approximate surface area is 193 Å². The molecule has 33 heavy (non-hydrogen) atoms. The summed E-state index contributed by atoms with van der Waals surface area (Å²) >= 11 is 0. The largest absolute Gasteiger partial charge is 0.489 e. The van der Waals surface area contributed by atoms with Gasteiger partial charge in [0.25, 0.3) is 5.91 Å². The number of hydrogen-bond acceptors (Lipinski definition) is 3. The number of nitrogens with zero attached hydrogens (tertiary/aromatic N) is 1. The summed E-state index contributed by atoms with van der Waals surface area (Å²) < 4.78 is 6.03. The van der Waals surface area contributed by atoms with E-state index in [0.29, 0.717) is 30.5 Å². The number of carbonyl (C=O) groups is 2. The van der Waals surface area contributed by atoms with Gasteiger partial charge in [-0.15, -0.1) is 0 Å². The normalized spacial score (nSPS) is 15.7. The van der Waals surface area contributed by atoms with E-state index in [-0.39, 0.29) is 5.91 Å². The van der Waals surface area contributed by atoms with Gasteiger partial charge in [0.05, 0.1) is 5.56 Å². The van der Waals surface area contributed by atoms with Crippen LogP contribution in [0.1, 0.15) is 63.1 Å². The molecule has 1 heterocycles. The fraction of sp³-hybridized carbons (Fsp3) is 0.286. The first-order valence-electron chi connectivity index (χ1n) is 11.5. The van der Waals surface area contributed by atoms with E-state index < -0.39 is 5.97 Å². The lowest BCUT2D eigenvalue weighted by Crippen LogP contribution is -2.33. The lowest BCUT2D eigenvalue weighted by atomic mass is 9.98. The van der Waals surface area contributed by atoms with Gasteiger partial charge < -0.3 is 14.7 Å². The minimum atomic E-state index is -0.925. The first kappa shape index (κ1) is 21.3. The predicted octanol–water partition coefficient (Wildman–Crippen LogP) is 5.84. The van der Waals surface area contributed by atoms with Crippen LogP contribution in [0, 0.1) is 6.92 Å². The lowest BCUT2D eigenvalue weighted by Gasteiger charge is -2.23. The molecular weight excluding hydrogens is 414 g/mol. The maximum atomic E-state index is 12.9. The average molecular weight is 442 g/mol. The molecule has 1 amide bonds. The van der Waals surface area contributed by atoms with Crippen LogP contribution in [0.25, 0.3) is 11.1 Å². The van der Waals surface area contributed by atoms with Crippen molar-refractivity contribution < 1.29 is 19.4 Å². The monoisotopic (exact) mass is 441 g/mol. The van der Waals surface area contributed by atoms with Gasteiger partial charge >= 0.3 is 5.97 Å². The SMILES string of the molecule is Cc1ccc(-c2cccc(COc3ccc4c(c3)C(=O)N(C3CCCC3)C4)c2)cc1C(=O)O. The second-order valence-electron chi connectivity index (χ2n) is 9.01. The van der Waals surface area contributed by atoms with Crippen molar-refractivity contribution in [3.63, 3.8) is 0 Å². The van der Waals surface area contributed by atoms with Crippen LogP contribution in [-0.2, 0) is 13.2 Å². The number of aryl methyl sites for hydroxylation is 1. The summed E-state index contributed by atoms with van der Waals surface area (Å²) in [5.74, 6) is -0.117. The first-order valence-corrected chi connectivity index (χ1v) is 11.5. The Bertz CT molecular complexity index is 1230. The zero-order chi connectivity index (χ0) is 22.9. The van der Waals surface area contributed by atoms with E-state index in [0.717, 1.165) is 46.2 Å². The number of carboxylic acids is 1. The van der Waals surface area contributed by atoms with Crippen molar-refractivity contribution >= 4 is 11.9 Å². The number of aromatic carboxylic acids is 1. The van der Waals surface area contributed by atoms with Crippen molar-refractivity contribution in [1.29, 1.82) is 0 Å². The van der Waals surface area contributed by atoms with Gasteiger partial charge in [0.15, 0.2) is 0 Å². The molecule has 0 spiro atoms. The molecule has 3 aromatic carbocycles. The summed E-state index contributed by atoms with van der Waals surface area (Å²) in [5.41, 5.74) is 5.66. The van der Waals surface area contributed by atoms with Crippen LogP contribution in [0.3, 0.4) is 0 Å². The van der Waals surface area contributed by atoms with E-state index in [1.54, 1.807) is 13.0 Å². The zero-order valence-electron chi connectivity index (χ0n) is 18.7. The molecule has 0 atom stereocenters. The van der Waals surface area contributed by atoms with Crippen molar-refractivity contribution in [2.75, 3.05) is 0 Å². The summed E-state index contributed by atoms with van der Waals surface area (Å²) in [6, 6.07) is 19.6. The molecule has 3 aromatic rings. The highest BCUT2D eigenvalue weighted by molar-refractivity contribution is 5.99. The predicted molar refractivity (Wildman–Crippen MR) is 126 cm³/mol.